The number of phenols is 1. The standard InChI is InChI=1S/C19H20ClNO4S/c20-14-9-12(23)5-6-13(14)15-10-17-16(11-18(26-17)19(24)25)21(15)7-3-1-2-4-8-22/h5-6,9-11,22-23H,1-4,7-8H2,(H,24,25). The molecule has 2 heterocycles. The number of aromatic hydroxyl groups is 1. The molecule has 138 valence electrons. The third-order valence-corrected chi connectivity index (χ3v) is 5.69. The number of phenolic OH excluding ortho intramolecular Hbond substituents is 1. The maximum Gasteiger partial charge on any atom is 0.345 e. The summed E-state index contributed by atoms with van der Waals surface area (Å²) >= 11 is 7.57. The average Bonchev–Trinajstić information content (AvgIpc) is 3.14. The largest absolute Gasteiger partial charge is 0.508 e. The molecule has 0 amide bonds. The van der Waals surface area contributed by atoms with Gasteiger partial charge in [0, 0.05) is 18.7 Å². The Labute approximate surface area is 160 Å². The van der Waals surface area contributed by atoms with Gasteiger partial charge in [0.25, 0.3) is 0 Å². The summed E-state index contributed by atoms with van der Waals surface area (Å²) in [7, 11) is 0. The molecule has 0 aliphatic carbocycles. The second-order valence-electron chi connectivity index (χ2n) is 6.15. The molecule has 26 heavy (non-hydrogen) atoms. The topological polar surface area (TPSA) is 82.7 Å². The van der Waals surface area contributed by atoms with Crippen LogP contribution in [0.15, 0.2) is 30.3 Å². The Kier molecular flexibility index (Phi) is 5.86. The number of aryl methyl sites for hydroxylation is 1. The number of hydrogen-bond donors (Lipinski definition) is 3. The van der Waals surface area contributed by atoms with E-state index >= 15 is 0 Å². The molecule has 0 saturated heterocycles. The lowest BCUT2D eigenvalue weighted by Gasteiger charge is -2.12. The van der Waals surface area contributed by atoms with Gasteiger partial charge in [-0.05, 0) is 43.2 Å². The number of aliphatic hydroxyl groups excluding tert-OH is 1. The molecule has 0 bridgehead atoms. The maximum absolute atomic E-state index is 11.3. The molecule has 0 fully saturated rings. The SMILES string of the molecule is O=C(O)c1cc2c(cc(-c3ccc(O)cc3Cl)n2CCCCCCO)s1. The number of aromatic carboxylic acids is 1. The van der Waals surface area contributed by atoms with Crippen LogP contribution in [0, 0.1) is 0 Å². The first kappa shape index (κ1) is 18.8. The van der Waals surface area contributed by atoms with Crippen LogP contribution in [-0.2, 0) is 6.54 Å². The van der Waals surface area contributed by atoms with Crippen LogP contribution in [0.2, 0.25) is 5.02 Å². The van der Waals surface area contributed by atoms with E-state index in [4.69, 9.17) is 16.7 Å². The molecule has 0 spiro atoms. The predicted molar refractivity (Wildman–Crippen MR) is 104 cm³/mol. The average molecular weight is 394 g/mol. The number of carboxylic acid groups (broad SMARTS) is 1. The molecule has 3 N–H and O–H groups in total. The molecule has 0 aliphatic rings. The fourth-order valence-corrected chi connectivity index (χ4v) is 4.27. The number of thiophene rings is 1. The fourth-order valence-electron chi connectivity index (χ4n) is 3.06. The molecule has 5 nitrogen and oxygen atoms in total. The minimum absolute atomic E-state index is 0.107. The first-order valence-electron chi connectivity index (χ1n) is 8.47. The quantitative estimate of drug-likeness (QED) is 0.471. The highest BCUT2D eigenvalue weighted by Gasteiger charge is 2.18. The number of carbonyl (C=O) groups is 1. The number of hydrogen-bond acceptors (Lipinski definition) is 4. The van der Waals surface area contributed by atoms with Crippen molar-refractivity contribution < 1.29 is 20.1 Å². The van der Waals surface area contributed by atoms with Gasteiger partial charge in [0.05, 0.1) is 20.9 Å². The summed E-state index contributed by atoms with van der Waals surface area (Å²) in [6.07, 6.45) is 3.66. The molecule has 1 aromatic carbocycles. The number of unbranched alkanes of at least 4 members (excludes halogenated alkanes) is 3. The Morgan fingerprint density at radius 2 is 1.88 bits per heavy atom. The zero-order valence-electron chi connectivity index (χ0n) is 14.1. The predicted octanol–water partition coefficient (Wildman–Crippen LogP) is 4.98. The van der Waals surface area contributed by atoms with E-state index in [2.05, 4.69) is 4.57 Å². The molecule has 7 heteroatoms. The summed E-state index contributed by atoms with van der Waals surface area (Å²) in [4.78, 5) is 11.6. The van der Waals surface area contributed by atoms with E-state index in [9.17, 15) is 15.0 Å². The van der Waals surface area contributed by atoms with Gasteiger partial charge in [0.2, 0.25) is 0 Å². The minimum atomic E-state index is -0.926. The highest BCUT2D eigenvalue weighted by Crippen LogP contribution is 2.38. The number of fused-ring (bicyclic) bond motifs is 1. The summed E-state index contributed by atoms with van der Waals surface area (Å²) in [5, 5.41) is 28.2. The van der Waals surface area contributed by atoms with Crippen LogP contribution in [-0.4, -0.2) is 32.5 Å². The fraction of sp³-hybridized carbons (Fsp3) is 0.316. The van der Waals surface area contributed by atoms with Crippen molar-refractivity contribution in [2.75, 3.05) is 6.61 Å². The van der Waals surface area contributed by atoms with Crippen molar-refractivity contribution in [2.24, 2.45) is 0 Å². The molecule has 3 aromatic rings. The number of halogens is 1. The van der Waals surface area contributed by atoms with E-state index in [1.54, 1.807) is 18.2 Å². The van der Waals surface area contributed by atoms with Crippen LogP contribution in [0.5, 0.6) is 5.75 Å². The van der Waals surface area contributed by atoms with Crippen LogP contribution in [0.4, 0.5) is 0 Å². The number of benzene rings is 1. The summed E-state index contributed by atoms with van der Waals surface area (Å²) in [5.41, 5.74) is 2.60. The third-order valence-electron chi connectivity index (χ3n) is 4.32. The number of carboxylic acids is 1. The Bertz CT molecular complexity index is 931. The van der Waals surface area contributed by atoms with Crippen LogP contribution in [0.1, 0.15) is 35.4 Å². The van der Waals surface area contributed by atoms with E-state index in [1.165, 1.54) is 17.4 Å². The van der Waals surface area contributed by atoms with Gasteiger partial charge < -0.3 is 19.9 Å². The van der Waals surface area contributed by atoms with Gasteiger partial charge in [0.1, 0.15) is 10.6 Å². The monoisotopic (exact) mass is 393 g/mol. The van der Waals surface area contributed by atoms with Gasteiger partial charge in [-0.25, -0.2) is 4.79 Å². The first-order chi connectivity index (χ1) is 12.5. The van der Waals surface area contributed by atoms with Crippen LogP contribution >= 0.6 is 22.9 Å². The second kappa shape index (κ2) is 8.12. The van der Waals surface area contributed by atoms with Gasteiger partial charge in [-0.1, -0.05) is 24.4 Å². The van der Waals surface area contributed by atoms with Crippen molar-refractivity contribution in [3.63, 3.8) is 0 Å². The maximum atomic E-state index is 11.3. The van der Waals surface area contributed by atoms with Crippen molar-refractivity contribution in [1.29, 1.82) is 0 Å². The zero-order valence-corrected chi connectivity index (χ0v) is 15.7. The molecule has 2 aromatic heterocycles. The Morgan fingerprint density at radius 3 is 2.58 bits per heavy atom. The Balaban J connectivity index is 1.99. The summed E-state index contributed by atoms with van der Waals surface area (Å²) in [6.45, 7) is 0.936. The van der Waals surface area contributed by atoms with Crippen LogP contribution < -0.4 is 0 Å². The van der Waals surface area contributed by atoms with E-state index in [1.807, 2.05) is 6.07 Å². The molecule has 0 saturated carbocycles. The van der Waals surface area contributed by atoms with Crippen LogP contribution in [0.25, 0.3) is 21.5 Å². The van der Waals surface area contributed by atoms with Crippen molar-refractivity contribution in [2.45, 2.75) is 32.2 Å². The van der Waals surface area contributed by atoms with Crippen molar-refractivity contribution >= 4 is 39.1 Å². The smallest absolute Gasteiger partial charge is 0.345 e. The Morgan fingerprint density at radius 1 is 1.12 bits per heavy atom. The van der Waals surface area contributed by atoms with Gasteiger partial charge in [-0.15, -0.1) is 11.3 Å². The number of aromatic nitrogens is 1. The highest BCUT2D eigenvalue weighted by atomic mass is 35.5. The lowest BCUT2D eigenvalue weighted by atomic mass is 10.1. The molecule has 0 atom stereocenters. The molecule has 0 aliphatic heterocycles. The number of aliphatic hydroxyl groups is 1. The highest BCUT2D eigenvalue weighted by molar-refractivity contribution is 7.20. The number of rotatable bonds is 8. The van der Waals surface area contributed by atoms with Crippen molar-refractivity contribution in [3.8, 4) is 17.0 Å². The first-order valence-corrected chi connectivity index (χ1v) is 9.67. The summed E-state index contributed by atoms with van der Waals surface area (Å²) in [5.74, 6) is -0.819. The molecule has 3 rings (SSSR count). The summed E-state index contributed by atoms with van der Waals surface area (Å²) < 4.78 is 2.99. The zero-order chi connectivity index (χ0) is 18.7. The van der Waals surface area contributed by atoms with Crippen molar-refractivity contribution in [3.05, 3.63) is 40.2 Å². The molecular weight excluding hydrogens is 374 g/mol. The molecule has 0 unspecified atom stereocenters. The van der Waals surface area contributed by atoms with E-state index in [-0.39, 0.29) is 12.4 Å². The van der Waals surface area contributed by atoms with Crippen molar-refractivity contribution in [1.82, 2.24) is 4.57 Å². The molecular formula is C19H20ClNO4S. The third kappa shape index (κ3) is 3.87. The van der Waals surface area contributed by atoms with Gasteiger partial charge in [-0.2, -0.15) is 0 Å². The Hall–Kier alpha value is -2.02. The van der Waals surface area contributed by atoms with Crippen LogP contribution in [0.3, 0.4) is 0 Å². The lowest BCUT2D eigenvalue weighted by Crippen LogP contribution is -2.01. The van der Waals surface area contributed by atoms with Gasteiger partial charge >= 0.3 is 5.97 Å². The normalized spacial score (nSPS) is 11.3. The lowest BCUT2D eigenvalue weighted by molar-refractivity contribution is 0.0702. The van der Waals surface area contributed by atoms with E-state index in [0.29, 0.717) is 9.90 Å². The van der Waals surface area contributed by atoms with E-state index in [0.717, 1.165) is 53.7 Å². The summed E-state index contributed by atoms with van der Waals surface area (Å²) in [6, 6.07) is 8.53. The van der Waals surface area contributed by atoms with Gasteiger partial charge in [0.15, 0.2) is 0 Å². The minimum Gasteiger partial charge on any atom is -0.508 e. The number of nitrogens with zero attached hydrogens (tertiary/aromatic N) is 1. The van der Waals surface area contributed by atoms with E-state index < -0.39 is 5.97 Å². The molecule has 0 radical (unpaired) electrons. The van der Waals surface area contributed by atoms with Gasteiger partial charge in [-0.3, -0.25) is 0 Å². The second-order valence-corrected chi connectivity index (χ2v) is 7.64.